The van der Waals surface area contributed by atoms with E-state index in [0.29, 0.717) is 5.92 Å². The molecule has 3 heteroatoms. The van der Waals surface area contributed by atoms with Gasteiger partial charge in [-0.25, -0.2) is 4.68 Å². The molecule has 0 saturated carbocycles. The average molecular weight is 270 g/mol. The van der Waals surface area contributed by atoms with Gasteiger partial charge in [-0.3, -0.25) is 0 Å². The summed E-state index contributed by atoms with van der Waals surface area (Å²) in [6.45, 7) is 5.28. The van der Waals surface area contributed by atoms with Crippen LogP contribution in [0, 0.1) is 0 Å². The zero-order valence-electron chi connectivity index (χ0n) is 12.2. The number of aromatic nitrogens is 2. The second-order valence-corrected chi connectivity index (χ2v) is 5.76. The fourth-order valence-corrected chi connectivity index (χ4v) is 2.73. The molecule has 106 valence electrons. The van der Waals surface area contributed by atoms with E-state index in [9.17, 15) is 0 Å². The molecule has 1 aliphatic heterocycles. The molecule has 1 aromatic carbocycles. The van der Waals surface area contributed by atoms with Crippen LogP contribution in [0.1, 0.15) is 50.8 Å². The number of hydrogen-bond acceptors (Lipinski definition) is 2. The third kappa shape index (κ3) is 2.63. The van der Waals surface area contributed by atoms with Gasteiger partial charge in [-0.15, -0.1) is 0 Å². The van der Waals surface area contributed by atoms with E-state index >= 15 is 0 Å². The Hall–Kier alpha value is -1.61. The van der Waals surface area contributed by atoms with Gasteiger partial charge < -0.3 is 4.74 Å². The molecule has 0 N–H and O–H groups in total. The highest BCUT2D eigenvalue weighted by Gasteiger charge is 2.19. The van der Waals surface area contributed by atoms with E-state index in [1.807, 2.05) is 10.9 Å². The lowest BCUT2D eigenvalue weighted by Crippen LogP contribution is -2.19. The minimum atomic E-state index is 0.0959. The summed E-state index contributed by atoms with van der Waals surface area (Å²) < 4.78 is 7.88. The van der Waals surface area contributed by atoms with Crippen LogP contribution in [0.3, 0.4) is 0 Å². The molecule has 1 aliphatic rings. The summed E-state index contributed by atoms with van der Waals surface area (Å²) in [6, 6.07) is 10.9. The largest absolute Gasteiger partial charge is 0.356 e. The van der Waals surface area contributed by atoms with Gasteiger partial charge in [-0.1, -0.05) is 38.1 Å². The monoisotopic (exact) mass is 270 g/mol. The third-order valence-electron chi connectivity index (χ3n) is 3.97. The first-order valence-electron chi connectivity index (χ1n) is 7.51. The van der Waals surface area contributed by atoms with Gasteiger partial charge in [-0.2, -0.15) is 5.10 Å². The SMILES string of the molecule is CC(C)c1ccc(-c2ccnn2C2CCCCO2)cc1. The molecule has 3 nitrogen and oxygen atoms in total. The topological polar surface area (TPSA) is 27.1 Å². The Balaban J connectivity index is 1.88. The molecule has 0 aliphatic carbocycles. The van der Waals surface area contributed by atoms with Gasteiger partial charge in [0.05, 0.1) is 5.69 Å². The van der Waals surface area contributed by atoms with E-state index in [2.05, 4.69) is 49.3 Å². The standard InChI is InChI=1S/C17H22N2O/c1-13(2)14-6-8-15(9-7-14)16-10-11-18-19(16)17-5-3-4-12-20-17/h6-11,13,17H,3-5,12H2,1-2H3. The van der Waals surface area contributed by atoms with Crippen molar-refractivity contribution in [3.63, 3.8) is 0 Å². The van der Waals surface area contributed by atoms with Crippen molar-refractivity contribution in [2.24, 2.45) is 0 Å². The molecule has 0 bridgehead atoms. The van der Waals surface area contributed by atoms with Gasteiger partial charge in [0.25, 0.3) is 0 Å². The molecule has 0 radical (unpaired) electrons. The number of rotatable bonds is 3. The van der Waals surface area contributed by atoms with Crippen LogP contribution in [0.2, 0.25) is 0 Å². The van der Waals surface area contributed by atoms with E-state index in [4.69, 9.17) is 4.74 Å². The van der Waals surface area contributed by atoms with Crippen molar-refractivity contribution >= 4 is 0 Å². The Kier molecular flexibility index (Phi) is 3.88. The maximum Gasteiger partial charge on any atom is 0.150 e. The van der Waals surface area contributed by atoms with Gasteiger partial charge >= 0.3 is 0 Å². The smallest absolute Gasteiger partial charge is 0.150 e. The van der Waals surface area contributed by atoms with Gasteiger partial charge in [0, 0.05) is 12.8 Å². The number of nitrogens with zero attached hydrogens (tertiary/aromatic N) is 2. The van der Waals surface area contributed by atoms with Crippen molar-refractivity contribution in [1.29, 1.82) is 0 Å². The molecule has 1 saturated heterocycles. The average Bonchev–Trinajstić information content (AvgIpc) is 2.97. The van der Waals surface area contributed by atoms with Gasteiger partial charge in [0.15, 0.2) is 6.23 Å². The molecular formula is C17H22N2O. The molecule has 1 fully saturated rings. The molecule has 1 aromatic heterocycles. The first-order valence-corrected chi connectivity index (χ1v) is 7.51. The van der Waals surface area contributed by atoms with Crippen LogP contribution in [0.15, 0.2) is 36.5 Å². The van der Waals surface area contributed by atoms with Gasteiger partial charge in [0.2, 0.25) is 0 Å². The number of benzene rings is 1. The van der Waals surface area contributed by atoms with E-state index in [0.717, 1.165) is 25.1 Å². The highest BCUT2D eigenvalue weighted by atomic mass is 16.5. The van der Waals surface area contributed by atoms with Crippen molar-refractivity contribution in [2.75, 3.05) is 6.61 Å². The third-order valence-corrected chi connectivity index (χ3v) is 3.97. The fourth-order valence-electron chi connectivity index (χ4n) is 2.73. The van der Waals surface area contributed by atoms with Crippen LogP contribution in [-0.4, -0.2) is 16.4 Å². The zero-order chi connectivity index (χ0) is 13.9. The van der Waals surface area contributed by atoms with Crippen molar-refractivity contribution in [3.05, 3.63) is 42.1 Å². The van der Waals surface area contributed by atoms with Gasteiger partial charge in [-0.05, 0) is 42.4 Å². The Morgan fingerprint density at radius 3 is 2.60 bits per heavy atom. The van der Waals surface area contributed by atoms with Crippen molar-refractivity contribution in [3.8, 4) is 11.3 Å². The number of hydrogen-bond donors (Lipinski definition) is 0. The first kappa shape index (κ1) is 13.4. The Morgan fingerprint density at radius 1 is 1.15 bits per heavy atom. The summed E-state index contributed by atoms with van der Waals surface area (Å²) in [4.78, 5) is 0. The summed E-state index contributed by atoms with van der Waals surface area (Å²) in [7, 11) is 0. The molecular weight excluding hydrogens is 248 g/mol. The van der Waals surface area contributed by atoms with E-state index in [1.54, 1.807) is 0 Å². The van der Waals surface area contributed by atoms with Crippen LogP contribution in [0.5, 0.6) is 0 Å². The quantitative estimate of drug-likeness (QED) is 0.828. The molecule has 0 amide bonds. The predicted octanol–water partition coefficient (Wildman–Crippen LogP) is 4.37. The van der Waals surface area contributed by atoms with E-state index in [-0.39, 0.29) is 6.23 Å². The van der Waals surface area contributed by atoms with Crippen LogP contribution >= 0.6 is 0 Å². The molecule has 0 spiro atoms. The summed E-state index contributed by atoms with van der Waals surface area (Å²) in [5, 5.41) is 4.47. The molecule has 20 heavy (non-hydrogen) atoms. The normalized spacial score (nSPS) is 19.4. The molecule has 1 unspecified atom stereocenters. The lowest BCUT2D eigenvalue weighted by molar-refractivity contribution is -0.0383. The molecule has 3 rings (SSSR count). The van der Waals surface area contributed by atoms with E-state index < -0.39 is 0 Å². The van der Waals surface area contributed by atoms with E-state index in [1.165, 1.54) is 17.5 Å². The van der Waals surface area contributed by atoms with Gasteiger partial charge in [0.1, 0.15) is 0 Å². The summed E-state index contributed by atoms with van der Waals surface area (Å²) in [6.07, 6.45) is 5.40. The molecule has 1 atom stereocenters. The summed E-state index contributed by atoms with van der Waals surface area (Å²) >= 11 is 0. The van der Waals surface area contributed by atoms with Crippen molar-refractivity contribution in [1.82, 2.24) is 9.78 Å². The molecule has 2 heterocycles. The molecule has 2 aromatic rings. The lowest BCUT2D eigenvalue weighted by atomic mass is 10.0. The van der Waals surface area contributed by atoms with Crippen LogP contribution in [-0.2, 0) is 4.74 Å². The van der Waals surface area contributed by atoms with Crippen LogP contribution < -0.4 is 0 Å². The Labute approximate surface area is 120 Å². The van der Waals surface area contributed by atoms with Crippen LogP contribution in [0.25, 0.3) is 11.3 Å². The Bertz CT molecular complexity index is 551. The zero-order valence-corrected chi connectivity index (χ0v) is 12.2. The van der Waals surface area contributed by atoms with Crippen molar-refractivity contribution in [2.45, 2.75) is 45.3 Å². The predicted molar refractivity (Wildman–Crippen MR) is 80.6 cm³/mol. The second-order valence-electron chi connectivity index (χ2n) is 5.76. The van der Waals surface area contributed by atoms with Crippen LogP contribution in [0.4, 0.5) is 0 Å². The maximum atomic E-state index is 5.85. The first-order chi connectivity index (χ1) is 9.75. The lowest BCUT2D eigenvalue weighted by Gasteiger charge is -2.24. The second kappa shape index (κ2) is 5.80. The minimum absolute atomic E-state index is 0.0959. The maximum absolute atomic E-state index is 5.85. The summed E-state index contributed by atoms with van der Waals surface area (Å²) in [5.74, 6) is 0.565. The minimum Gasteiger partial charge on any atom is -0.356 e. The fraction of sp³-hybridized carbons (Fsp3) is 0.471. The van der Waals surface area contributed by atoms with Crippen molar-refractivity contribution < 1.29 is 4.74 Å². The number of ether oxygens (including phenoxy) is 1. The summed E-state index contributed by atoms with van der Waals surface area (Å²) in [5.41, 5.74) is 3.72. The highest BCUT2D eigenvalue weighted by Crippen LogP contribution is 2.29. The highest BCUT2D eigenvalue weighted by molar-refractivity contribution is 5.59. The Morgan fingerprint density at radius 2 is 1.95 bits per heavy atom.